The van der Waals surface area contributed by atoms with Gasteiger partial charge in [0, 0.05) is 14.4 Å². The van der Waals surface area contributed by atoms with Crippen molar-refractivity contribution < 1.29 is 0 Å². The maximum Gasteiger partial charge on any atom is 0.0725 e. The number of hydrogen-bond acceptors (Lipinski definition) is 0. The molecule has 9 rings (SSSR count). The van der Waals surface area contributed by atoms with Crippen molar-refractivity contribution in [3.8, 4) is 33.4 Å². The van der Waals surface area contributed by atoms with Crippen LogP contribution < -0.4 is 0 Å². The molecule has 0 saturated heterocycles. The average molecular weight is 668 g/mol. The minimum Gasteiger partial charge on any atom is -0.0619 e. The van der Waals surface area contributed by atoms with Crippen LogP contribution in [0.5, 0.6) is 0 Å². The Hall–Kier alpha value is -3.72. The Kier molecular flexibility index (Phi) is 5.80. The van der Waals surface area contributed by atoms with Gasteiger partial charge >= 0.3 is 0 Å². The third-order valence-corrected chi connectivity index (χ3v) is 10.5. The lowest BCUT2D eigenvalue weighted by atomic mass is 9.70. The summed E-state index contributed by atoms with van der Waals surface area (Å²) in [5.41, 5.74) is 16.5. The van der Waals surface area contributed by atoms with Crippen molar-refractivity contribution in [2.24, 2.45) is 0 Å². The lowest BCUT2D eigenvalue weighted by molar-refractivity contribution is 0.660. The summed E-state index contributed by atoms with van der Waals surface area (Å²) in [6.45, 7) is 4.59. The van der Waals surface area contributed by atoms with E-state index < -0.39 is 0 Å². The minimum atomic E-state index is -0.219. The maximum absolute atomic E-state index is 3.72. The van der Waals surface area contributed by atoms with E-state index in [0.717, 1.165) is 8.95 Å². The minimum absolute atomic E-state index is 0.121. The summed E-state index contributed by atoms with van der Waals surface area (Å²) < 4.78 is 2.29. The highest BCUT2D eigenvalue weighted by atomic mass is 79.9. The predicted molar refractivity (Wildman–Crippen MR) is 182 cm³/mol. The van der Waals surface area contributed by atoms with E-state index in [1.807, 2.05) is 0 Å². The lowest BCUT2D eigenvalue weighted by Gasteiger charge is -2.30. The van der Waals surface area contributed by atoms with E-state index >= 15 is 0 Å². The molecule has 0 radical (unpaired) electrons. The first-order chi connectivity index (χ1) is 20.4. The van der Waals surface area contributed by atoms with E-state index in [0.29, 0.717) is 0 Å². The van der Waals surface area contributed by atoms with Crippen LogP contribution in [0, 0.1) is 0 Å². The van der Waals surface area contributed by atoms with Crippen LogP contribution in [0.2, 0.25) is 0 Å². The van der Waals surface area contributed by atoms with Crippen molar-refractivity contribution in [1.29, 1.82) is 0 Å². The summed E-state index contributed by atoms with van der Waals surface area (Å²) in [6, 6.07) is 48.7. The topological polar surface area (TPSA) is 0 Å². The number of benzene rings is 6. The van der Waals surface area contributed by atoms with Gasteiger partial charge in [-0.1, -0.05) is 155 Å². The molecule has 0 heterocycles. The molecule has 3 aliphatic rings. The zero-order valence-corrected chi connectivity index (χ0v) is 26.6. The van der Waals surface area contributed by atoms with E-state index in [-0.39, 0.29) is 10.8 Å². The Morgan fingerprint density at radius 3 is 1.17 bits per heavy atom. The van der Waals surface area contributed by atoms with Crippen LogP contribution in [0.1, 0.15) is 47.2 Å². The first-order valence-corrected chi connectivity index (χ1v) is 16.0. The Bertz CT molecular complexity index is 1980. The summed E-state index contributed by atoms with van der Waals surface area (Å²) in [4.78, 5) is 0. The molecule has 6 aromatic rings. The fraction of sp³-hybridized carbons (Fsp3) is 0.100. The van der Waals surface area contributed by atoms with Gasteiger partial charge in [-0.3, -0.25) is 0 Å². The first-order valence-electron chi connectivity index (χ1n) is 14.4. The molecule has 42 heavy (non-hydrogen) atoms. The smallest absolute Gasteiger partial charge is 0.0619 e. The standard InChI is InChI=1S/C25H15Br.C15H13Br/c26-16-13-14-20-19-9-3-6-12-23(19)25(24(20)15-16)21-10-4-1-7-17(21)18-8-2-5-11-22(18)25;1-15(2)13-6-4-3-5-11(13)12-8-7-10(16)9-14(12)15/h1-15H;3-9H,1-2H3. The number of halogens is 2. The van der Waals surface area contributed by atoms with Gasteiger partial charge in [-0.05, 0) is 91.0 Å². The first kappa shape index (κ1) is 25.9. The van der Waals surface area contributed by atoms with Crippen molar-refractivity contribution in [1.82, 2.24) is 0 Å². The molecule has 6 aromatic carbocycles. The van der Waals surface area contributed by atoms with Crippen molar-refractivity contribution >= 4 is 31.9 Å². The Morgan fingerprint density at radius 1 is 0.357 bits per heavy atom. The van der Waals surface area contributed by atoms with Crippen LogP contribution in [-0.4, -0.2) is 0 Å². The molecule has 202 valence electrons. The predicted octanol–water partition coefficient (Wildman–Crippen LogP) is 11.5. The third kappa shape index (κ3) is 3.46. The van der Waals surface area contributed by atoms with E-state index in [2.05, 4.69) is 179 Å². The summed E-state index contributed by atoms with van der Waals surface area (Å²) >= 11 is 7.28. The molecule has 0 amide bonds. The molecule has 0 unspecified atom stereocenters. The van der Waals surface area contributed by atoms with Crippen molar-refractivity contribution in [3.63, 3.8) is 0 Å². The van der Waals surface area contributed by atoms with Gasteiger partial charge in [0.2, 0.25) is 0 Å². The fourth-order valence-corrected chi connectivity index (χ4v) is 8.47. The van der Waals surface area contributed by atoms with Gasteiger partial charge in [0.15, 0.2) is 0 Å². The van der Waals surface area contributed by atoms with Gasteiger partial charge in [-0.25, -0.2) is 0 Å². The molecule has 0 N–H and O–H groups in total. The molecule has 2 heteroatoms. The van der Waals surface area contributed by atoms with Crippen LogP contribution in [0.3, 0.4) is 0 Å². The summed E-state index contributed by atoms with van der Waals surface area (Å²) in [7, 11) is 0. The zero-order valence-electron chi connectivity index (χ0n) is 23.5. The second-order valence-corrected chi connectivity index (χ2v) is 13.8. The number of fused-ring (bicyclic) bond motifs is 13. The highest BCUT2D eigenvalue weighted by Crippen LogP contribution is 2.62. The maximum atomic E-state index is 3.72. The second kappa shape index (κ2) is 9.39. The van der Waals surface area contributed by atoms with Gasteiger partial charge in [0.1, 0.15) is 0 Å². The van der Waals surface area contributed by atoms with E-state index in [9.17, 15) is 0 Å². The number of hydrogen-bond donors (Lipinski definition) is 0. The van der Waals surface area contributed by atoms with Crippen LogP contribution in [0.4, 0.5) is 0 Å². The highest BCUT2D eigenvalue weighted by molar-refractivity contribution is 9.10. The SMILES string of the molecule is Brc1ccc2c(c1)C1(c3ccccc3-c3ccccc31)c1ccccc1-2.CC1(C)c2ccccc2-c2ccc(Br)cc21. The molecule has 0 bridgehead atoms. The van der Waals surface area contributed by atoms with Crippen LogP contribution in [0.25, 0.3) is 33.4 Å². The van der Waals surface area contributed by atoms with Gasteiger partial charge in [0.05, 0.1) is 5.41 Å². The van der Waals surface area contributed by atoms with Crippen molar-refractivity contribution in [2.75, 3.05) is 0 Å². The van der Waals surface area contributed by atoms with Gasteiger partial charge in [0.25, 0.3) is 0 Å². The zero-order chi connectivity index (χ0) is 28.6. The fourth-order valence-electron chi connectivity index (χ4n) is 7.74. The molecule has 3 aliphatic carbocycles. The summed E-state index contributed by atoms with van der Waals surface area (Å²) in [5, 5.41) is 0. The lowest BCUT2D eigenvalue weighted by Crippen LogP contribution is -2.25. The Morgan fingerprint density at radius 2 is 0.690 bits per heavy atom. The van der Waals surface area contributed by atoms with Crippen molar-refractivity contribution in [3.05, 3.63) is 176 Å². The van der Waals surface area contributed by atoms with Gasteiger partial charge in [-0.2, -0.15) is 0 Å². The molecule has 0 aromatic heterocycles. The van der Waals surface area contributed by atoms with Gasteiger partial charge < -0.3 is 0 Å². The Balaban J connectivity index is 0.000000143. The molecule has 0 saturated carbocycles. The molecular formula is C40H28Br2. The van der Waals surface area contributed by atoms with Crippen LogP contribution in [-0.2, 0) is 10.8 Å². The second-order valence-electron chi connectivity index (χ2n) is 11.9. The Labute approximate surface area is 264 Å². The van der Waals surface area contributed by atoms with E-state index in [1.54, 1.807) is 0 Å². The molecule has 1 spiro atoms. The van der Waals surface area contributed by atoms with E-state index in [1.165, 1.54) is 66.8 Å². The summed E-state index contributed by atoms with van der Waals surface area (Å²) in [6.07, 6.45) is 0. The largest absolute Gasteiger partial charge is 0.0725 e. The quantitative estimate of drug-likeness (QED) is 0.151. The van der Waals surface area contributed by atoms with Crippen molar-refractivity contribution in [2.45, 2.75) is 24.7 Å². The monoisotopic (exact) mass is 666 g/mol. The van der Waals surface area contributed by atoms with E-state index in [4.69, 9.17) is 0 Å². The van der Waals surface area contributed by atoms with Crippen LogP contribution >= 0.6 is 31.9 Å². The third-order valence-electron chi connectivity index (χ3n) is 9.50. The number of rotatable bonds is 0. The molecule has 0 nitrogen and oxygen atoms in total. The molecular weight excluding hydrogens is 640 g/mol. The summed E-state index contributed by atoms with van der Waals surface area (Å²) in [5.74, 6) is 0. The van der Waals surface area contributed by atoms with Crippen LogP contribution in [0.15, 0.2) is 142 Å². The molecule has 0 atom stereocenters. The normalized spacial score (nSPS) is 15.0. The van der Waals surface area contributed by atoms with Gasteiger partial charge in [-0.15, -0.1) is 0 Å². The molecule has 0 aliphatic heterocycles. The molecule has 0 fully saturated rings. The highest BCUT2D eigenvalue weighted by Gasteiger charge is 2.51. The average Bonchev–Trinajstić information content (AvgIpc) is 3.56.